The van der Waals surface area contributed by atoms with Crippen molar-refractivity contribution < 1.29 is 9.53 Å². The molecule has 0 spiro atoms. The van der Waals surface area contributed by atoms with E-state index >= 15 is 0 Å². The predicted octanol–water partition coefficient (Wildman–Crippen LogP) is 4.28. The molecule has 0 fully saturated rings. The molecule has 6 heteroatoms. The molecular formula is C23H22N4O2. The van der Waals surface area contributed by atoms with E-state index in [1.54, 1.807) is 13.3 Å². The number of imidazole rings is 1. The molecule has 2 heterocycles. The lowest BCUT2D eigenvalue weighted by atomic mass is 10.1. The van der Waals surface area contributed by atoms with Crippen molar-refractivity contribution in [1.29, 1.82) is 0 Å². The summed E-state index contributed by atoms with van der Waals surface area (Å²) in [6.45, 7) is 2.05. The van der Waals surface area contributed by atoms with Crippen molar-refractivity contribution in [2.45, 2.75) is 19.8 Å². The molecule has 2 aromatic carbocycles. The van der Waals surface area contributed by atoms with E-state index in [9.17, 15) is 4.79 Å². The van der Waals surface area contributed by atoms with Gasteiger partial charge in [0.2, 0.25) is 11.7 Å². The molecule has 2 aromatic heterocycles. The van der Waals surface area contributed by atoms with E-state index in [1.807, 2.05) is 53.2 Å². The summed E-state index contributed by atoms with van der Waals surface area (Å²) >= 11 is 0. The average Bonchev–Trinajstić information content (AvgIpc) is 3.17. The molecule has 1 amide bonds. The number of amides is 1. The smallest absolute Gasteiger partial charge is 0.234 e. The van der Waals surface area contributed by atoms with Crippen molar-refractivity contribution in [3.63, 3.8) is 0 Å². The predicted molar refractivity (Wildman–Crippen MR) is 113 cm³/mol. The Morgan fingerprint density at radius 3 is 2.86 bits per heavy atom. The molecule has 0 aliphatic carbocycles. The van der Waals surface area contributed by atoms with E-state index in [4.69, 9.17) is 4.74 Å². The topological polar surface area (TPSA) is 68.5 Å². The van der Waals surface area contributed by atoms with Gasteiger partial charge in [-0.15, -0.1) is 0 Å². The third-order valence-corrected chi connectivity index (χ3v) is 4.73. The molecule has 0 saturated carbocycles. The Labute approximate surface area is 169 Å². The zero-order chi connectivity index (χ0) is 20.2. The standard InChI is InChI=1S/C23H22N4O2/c1-16-5-3-6-17(13-16)7-10-22(28)25-19-14-18(8-9-21(19)29-2)20-15-27-12-4-11-24-23(27)26-20/h3-6,8-9,11-15H,7,10H2,1-2H3,(H,25,28). The molecule has 0 bridgehead atoms. The lowest BCUT2D eigenvalue weighted by Crippen LogP contribution is -2.13. The molecule has 4 rings (SSSR count). The largest absolute Gasteiger partial charge is 0.495 e. The first-order valence-corrected chi connectivity index (χ1v) is 9.46. The summed E-state index contributed by atoms with van der Waals surface area (Å²) in [4.78, 5) is 21.3. The van der Waals surface area contributed by atoms with Gasteiger partial charge in [0.15, 0.2) is 0 Å². The highest BCUT2D eigenvalue weighted by atomic mass is 16.5. The number of hydrogen-bond donors (Lipinski definition) is 1. The number of methoxy groups -OCH3 is 1. The van der Waals surface area contributed by atoms with Gasteiger partial charge in [-0.3, -0.25) is 9.20 Å². The van der Waals surface area contributed by atoms with Crippen LogP contribution in [0.4, 0.5) is 5.69 Å². The number of carbonyl (C=O) groups is 1. The van der Waals surface area contributed by atoms with Gasteiger partial charge in [-0.25, -0.2) is 9.97 Å². The molecule has 1 N–H and O–H groups in total. The van der Waals surface area contributed by atoms with E-state index in [-0.39, 0.29) is 5.91 Å². The molecule has 6 nitrogen and oxygen atoms in total. The zero-order valence-electron chi connectivity index (χ0n) is 16.4. The number of aryl methyl sites for hydroxylation is 2. The van der Waals surface area contributed by atoms with Crippen LogP contribution in [0.3, 0.4) is 0 Å². The Kier molecular flexibility index (Phi) is 5.24. The molecular weight excluding hydrogens is 364 g/mol. The minimum atomic E-state index is -0.0568. The van der Waals surface area contributed by atoms with Gasteiger partial charge in [-0.1, -0.05) is 29.8 Å². The Balaban J connectivity index is 1.52. The molecule has 29 heavy (non-hydrogen) atoms. The number of nitrogens with zero attached hydrogens (tertiary/aromatic N) is 3. The van der Waals surface area contributed by atoms with Gasteiger partial charge in [0.25, 0.3) is 0 Å². The molecule has 0 saturated heterocycles. The third-order valence-electron chi connectivity index (χ3n) is 4.73. The van der Waals surface area contributed by atoms with Gasteiger partial charge in [0.1, 0.15) is 5.75 Å². The highest BCUT2D eigenvalue weighted by Gasteiger charge is 2.12. The SMILES string of the molecule is COc1ccc(-c2cn3cccnc3n2)cc1NC(=O)CCc1cccc(C)c1. The Morgan fingerprint density at radius 1 is 1.17 bits per heavy atom. The third kappa shape index (κ3) is 4.27. The number of hydrogen-bond acceptors (Lipinski definition) is 4. The lowest BCUT2D eigenvalue weighted by Gasteiger charge is -2.12. The molecule has 4 aromatic rings. The molecule has 0 aliphatic heterocycles. The van der Waals surface area contributed by atoms with Crippen molar-refractivity contribution in [3.8, 4) is 17.0 Å². The first-order valence-electron chi connectivity index (χ1n) is 9.46. The van der Waals surface area contributed by atoms with Crippen LogP contribution >= 0.6 is 0 Å². The second-order valence-corrected chi connectivity index (χ2v) is 6.91. The van der Waals surface area contributed by atoms with Crippen LogP contribution in [0.15, 0.2) is 67.1 Å². The minimum absolute atomic E-state index is 0.0568. The number of ether oxygens (including phenoxy) is 1. The van der Waals surface area contributed by atoms with Crippen LogP contribution in [0.1, 0.15) is 17.5 Å². The minimum Gasteiger partial charge on any atom is -0.495 e. The van der Waals surface area contributed by atoms with Crippen LogP contribution in [0, 0.1) is 6.92 Å². The summed E-state index contributed by atoms with van der Waals surface area (Å²) in [5.74, 6) is 1.18. The first kappa shape index (κ1) is 18.7. The van der Waals surface area contributed by atoms with Crippen LogP contribution in [0.25, 0.3) is 17.0 Å². The summed E-state index contributed by atoms with van der Waals surface area (Å²) in [6.07, 6.45) is 6.60. The highest BCUT2D eigenvalue weighted by Crippen LogP contribution is 2.30. The van der Waals surface area contributed by atoms with Crippen molar-refractivity contribution in [2.75, 3.05) is 12.4 Å². The second kappa shape index (κ2) is 8.14. The summed E-state index contributed by atoms with van der Waals surface area (Å²) in [7, 11) is 1.59. The van der Waals surface area contributed by atoms with Crippen LogP contribution in [-0.2, 0) is 11.2 Å². The van der Waals surface area contributed by atoms with Gasteiger partial charge in [0.05, 0.1) is 18.5 Å². The average molecular weight is 386 g/mol. The Morgan fingerprint density at radius 2 is 2.07 bits per heavy atom. The number of rotatable bonds is 6. The fourth-order valence-electron chi connectivity index (χ4n) is 3.27. The maximum absolute atomic E-state index is 12.5. The fourth-order valence-corrected chi connectivity index (χ4v) is 3.27. The summed E-state index contributed by atoms with van der Waals surface area (Å²) in [5, 5.41) is 2.98. The zero-order valence-corrected chi connectivity index (χ0v) is 16.4. The number of nitrogens with one attached hydrogen (secondary N) is 1. The summed E-state index contributed by atoms with van der Waals surface area (Å²) in [5.41, 5.74) is 4.63. The number of anilines is 1. The normalized spacial score (nSPS) is 10.8. The van der Waals surface area contributed by atoms with Crippen LogP contribution in [0.5, 0.6) is 5.75 Å². The van der Waals surface area contributed by atoms with Crippen LogP contribution < -0.4 is 10.1 Å². The van der Waals surface area contributed by atoms with E-state index in [2.05, 4.69) is 34.3 Å². The number of aromatic nitrogens is 3. The summed E-state index contributed by atoms with van der Waals surface area (Å²) < 4.78 is 7.28. The van der Waals surface area contributed by atoms with E-state index in [1.165, 1.54) is 5.56 Å². The van der Waals surface area contributed by atoms with E-state index in [0.717, 1.165) is 16.8 Å². The first-order chi connectivity index (χ1) is 14.1. The van der Waals surface area contributed by atoms with E-state index < -0.39 is 0 Å². The van der Waals surface area contributed by atoms with Gasteiger partial charge < -0.3 is 10.1 Å². The maximum atomic E-state index is 12.5. The van der Waals surface area contributed by atoms with Gasteiger partial charge >= 0.3 is 0 Å². The monoisotopic (exact) mass is 386 g/mol. The highest BCUT2D eigenvalue weighted by molar-refractivity contribution is 5.93. The van der Waals surface area contributed by atoms with E-state index in [0.29, 0.717) is 30.1 Å². The van der Waals surface area contributed by atoms with Gasteiger partial charge in [-0.2, -0.15) is 0 Å². The Hall–Kier alpha value is -3.67. The summed E-state index contributed by atoms with van der Waals surface area (Å²) in [6, 6.07) is 15.7. The fraction of sp³-hybridized carbons (Fsp3) is 0.174. The van der Waals surface area contributed by atoms with Gasteiger partial charge in [-0.05, 0) is 43.2 Å². The number of benzene rings is 2. The number of carbonyl (C=O) groups excluding carboxylic acids is 1. The van der Waals surface area contributed by atoms with Crippen LogP contribution in [0.2, 0.25) is 0 Å². The van der Waals surface area contributed by atoms with Crippen molar-refractivity contribution in [2.24, 2.45) is 0 Å². The lowest BCUT2D eigenvalue weighted by molar-refractivity contribution is -0.116. The van der Waals surface area contributed by atoms with Crippen LogP contribution in [-0.4, -0.2) is 27.4 Å². The van der Waals surface area contributed by atoms with Crippen molar-refractivity contribution >= 4 is 17.4 Å². The maximum Gasteiger partial charge on any atom is 0.234 e. The van der Waals surface area contributed by atoms with Crippen molar-refractivity contribution in [3.05, 3.63) is 78.2 Å². The quantitative estimate of drug-likeness (QED) is 0.537. The molecule has 146 valence electrons. The molecule has 0 radical (unpaired) electrons. The second-order valence-electron chi connectivity index (χ2n) is 6.91. The van der Waals surface area contributed by atoms with Gasteiger partial charge in [0, 0.05) is 30.6 Å². The number of fused-ring (bicyclic) bond motifs is 1. The molecule has 0 aliphatic rings. The Bertz CT molecular complexity index is 1130. The van der Waals surface area contributed by atoms with Crippen molar-refractivity contribution in [1.82, 2.24) is 14.4 Å². The molecule has 0 unspecified atom stereocenters. The molecule has 0 atom stereocenters.